The summed E-state index contributed by atoms with van der Waals surface area (Å²) < 4.78 is 0. The Morgan fingerprint density at radius 3 is 2.42 bits per heavy atom. The van der Waals surface area contributed by atoms with Crippen molar-refractivity contribution < 1.29 is 9.59 Å². The molecule has 2 aromatic heterocycles. The van der Waals surface area contributed by atoms with Gasteiger partial charge in [0.15, 0.2) is 10.3 Å². The molecule has 0 saturated heterocycles. The van der Waals surface area contributed by atoms with Gasteiger partial charge in [-0.15, -0.1) is 22.7 Å². The first kappa shape index (κ1) is 20.6. The van der Waals surface area contributed by atoms with Gasteiger partial charge in [0, 0.05) is 20.3 Å². The third-order valence-corrected chi connectivity index (χ3v) is 8.04. The summed E-state index contributed by atoms with van der Waals surface area (Å²) in [6, 6.07) is 6.71. The number of benzene rings is 1. The van der Waals surface area contributed by atoms with E-state index in [-0.39, 0.29) is 17.7 Å². The van der Waals surface area contributed by atoms with Crippen LogP contribution in [0.4, 0.5) is 10.3 Å². The van der Waals surface area contributed by atoms with E-state index in [1.807, 2.05) is 0 Å². The smallest absolute Gasteiger partial charge is 0.257 e. The van der Waals surface area contributed by atoms with Crippen LogP contribution >= 0.6 is 34.3 Å². The number of nitrogens with zero attached hydrogens (tertiary/aromatic N) is 2. The summed E-state index contributed by atoms with van der Waals surface area (Å²) in [6.07, 6.45) is 6.96. The van der Waals surface area contributed by atoms with Crippen LogP contribution in [0.1, 0.15) is 63.1 Å². The molecule has 5 rings (SSSR count). The molecule has 2 heterocycles. The van der Waals surface area contributed by atoms with Crippen LogP contribution in [0, 0.1) is 0 Å². The average Bonchev–Trinajstić information content (AvgIpc) is 3.36. The zero-order valence-electron chi connectivity index (χ0n) is 16.7. The Kier molecular flexibility index (Phi) is 5.77. The first-order chi connectivity index (χ1) is 15.1. The molecular formula is C22H21ClN4O2S2. The number of fused-ring (bicyclic) bond motifs is 2. The molecule has 3 aromatic rings. The summed E-state index contributed by atoms with van der Waals surface area (Å²) in [6.45, 7) is 0. The van der Waals surface area contributed by atoms with E-state index < -0.39 is 0 Å². The Morgan fingerprint density at radius 1 is 0.903 bits per heavy atom. The van der Waals surface area contributed by atoms with Crippen LogP contribution in [0.25, 0.3) is 0 Å². The molecule has 6 nitrogen and oxygen atoms in total. The number of thiazole rings is 2. The van der Waals surface area contributed by atoms with Gasteiger partial charge < -0.3 is 5.32 Å². The van der Waals surface area contributed by atoms with E-state index in [2.05, 4.69) is 20.6 Å². The number of rotatable bonds is 4. The lowest BCUT2D eigenvalue weighted by atomic mass is 9.90. The van der Waals surface area contributed by atoms with Crippen LogP contribution in [-0.4, -0.2) is 21.8 Å². The fourth-order valence-corrected chi connectivity index (χ4v) is 6.33. The molecule has 0 bridgehead atoms. The van der Waals surface area contributed by atoms with E-state index >= 15 is 0 Å². The molecule has 0 aliphatic heterocycles. The number of aromatic nitrogens is 2. The van der Waals surface area contributed by atoms with E-state index in [9.17, 15) is 9.59 Å². The molecular weight excluding hydrogens is 452 g/mol. The number of anilines is 2. The lowest BCUT2D eigenvalue weighted by Crippen LogP contribution is -2.24. The van der Waals surface area contributed by atoms with Gasteiger partial charge in [0.2, 0.25) is 5.91 Å². The van der Waals surface area contributed by atoms with Crippen molar-refractivity contribution in [3.8, 4) is 0 Å². The minimum absolute atomic E-state index is 0.0621. The van der Waals surface area contributed by atoms with Crippen LogP contribution in [0.5, 0.6) is 0 Å². The highest BCUT2D eigenvalue weighted by atomic mass is 35.5. The Labute approximate surface area is 193 Å². The van der Waals surface area contributed by atoms with Gasteiger partial charge in [-0.3, -0.25) is 14.9 Å². The zero-order valence-corrected chi connectivity index (χ0v) is 19.1. The number of carbonyl (C=O) groups excluding carboxylic acids is 2. The minimum atomic E-state index is -0.317. The lowest BCUT2D eigenvalue weighted by molar-refractivity contribution is -0.117. The van der Waals surface area contributed by atoms with Gasteiger partial charge in [-0.2, -0.15) is 0 Å². The molecule has 2 aliphatic rings. The monoisotopic (exact) mass is 472 g/mol. The normalized spacial score (nSPS) is 17.5. The summed E-state index contributed by atoms with van der Waals surface area (Å²) in [5.74, 6) is -0.618. The second-order valence-corrected chi connectivity index (χ2v) is 10.4. The molecule has 9 heteroatoms. The minimum Gasteiger partial charge on any atom is -0.301 e. The van der Waals surface area contributed by atoms with Gasteiger partial charge in [0.1, 0.15) is 0 Å². The number of aryl methyl sites for hydroxylation is 3. The summed E-state index contributed by atoms with van der Waals surface area (Å²) in [4.78, 5) is 37.2. The molecule has 0 fully saturated rings. The van der Waals surface area contributed by atoms with Crippen molar-refractivity contribution >= 4 is 56.4 Å². The predicted molar refractivity (Wildman–Crippen MR) is 125 cm³/mol. The van der Waals surface area contributed by atoms with Crippen LogP contribution in [0.15, 0.2) is 24.3 Å². The molecule has 31 heavy (non-hydrogen) atoms. The molecule has 1 unspecified atom stereocenters. The van der Waals surface area contributed by atoms with Gasteiger partial charge in [-0.25, -0.2) is 9.97 Å². The highest BCUT2D eigenvalue weighted by molar-refractivity contribution is 7.16. The molecule has 2 N–H and O–H groups in total. The van der Waals surface area contributed by atoms with Crippen molar-refractivity contribution in [3.63, 3.8) is 0 Å². The number of carbonyl (C=O) groups is 2. The van der Waals surface area contributed by atoms with Crippen molar-refractivity contribution in [1.82, 2.24) is 9.97 Å². The summed E-state index contributed by atoms with van der Waals surface area (Å²) in [5.41, 5.74) is 2.43. The summed E-state index contributed by atoms with van der Waals surface area (Å²) >= 11 is 8.94. The lowest BCUT2D eigenvalue weighted by Gasteiger charge is -2.19. The van der Waals surface area contributed by atoms with Gasteiger partial charge in [-0.05, 0) is 69.2 Å². The van der Waals surface area contributed by atoms with Crippen molar-refractivity contribution in [1.29, 1.82) is 0 Å². The highest BCUT2D eigenvalue weighted by Crippen LogP contribution is 2.38. The molecule has 0 radical (unpaired) electrons. The fraction of sp³-hybridized carbons (Fsp3) is 0.364. The Hall–Kier alpha value is -2.29. The number of hydrogen-bond acceptors (Lipinski definition) is 6. The number of amides is 2. The predicted octanol–water partition coefficient (Wildman–Crippen LogP) is 5.44. The maximum atomic E-state index is 13.0. The number of nitrogens with one attached hydrogen (secondary N) is 2. The van der Waals surface area contributed by atoms with Gasteiger partial charge in [-0.1, -0.05) is 11.6 Å². The quantitative estimate of drug-likeness (QED) is 0.529. The van der Waals surface area contributed by atoms with Crippen molar-refractivity contribution in [2.24, 2.45) is 0 Å². The fourth-order valence-electron chi connectivity index (χ4n) is 4.10. The van der Waals surface area contributed by atoms with Crippen molar-refractivity contribution in [2.45, 2.75) is 50.9 Å². The Balaban J connectivity index is 1.31. The third kappa shape index (κ3) is 4.37. The van der Waals surface area contributed by atoms with Crippen LogP contribution in [0.3, 0.4) is 0 Å². The molecule has 1 atom stereocenters. The van der Waals surface area contributed by atoms with Crippen molar-refractivity contribution in [2.75, 3.05) is 10.6 Å². The molecule has 160 valence electrons. The summed E-state index contributed by atoms with van der Waals surface area (Å²) in [5, 5.41) is 7.68. The average molecular weight is 473 g/mol. The van der Waals surface area contributed by atoms with Crippen LogP contribution in [-0.2, 0) is 24.1 Å². The first-order valence-electron chi connectivity index (χ1n) is 10.4. The van der Waals surface area contributed by atoms with Gasteiger partial charge >= 0.3 is 0 Å². The largest absolute Gasteiger partial charge is 0.301 e. The SMILES string of the molecule is O=C(Nc1nc2c(s1)CCCC2C(=O)Nc1nc2c(s1)CCCC2)c1ccc(Cl)cc1. The number of hydrogen-bond donors (Lipinski definition) is 2. The van der Waals surface area contributed by atoms with Crippen LogP contribution in [0.2, 0.25) is 5.02 Å². The molecule has 0 saturated carbocycles. The maximum Gasteiger partial charge on any atom is 0.257 e. The Bertz CT molecular complexity index is 1120. The van der Waals surface area contributed by atoms with Crippen molar-refractivity contribution in [3.05, 3.63) is 56.0 Å². The molecule has 2 aliphatic carbocycles. The molecule has 0 spiro atoms. The highest BCUT2D eigenvalue weighted by Gasteiger charge is 2.31. The second kappa shape index (κ2) is 8.68. The second-order valence-electron chi connectivity index (χ2n) is 7.82. The molecule has 1 aromatic carbocycles. The van der Waals surface area contributed by atoms with E-state index in [1.54, 1.807) is 35.6 Å². The van der Waals surface area contributed by atoms with Gasteiger partial charge in [0.05, 0.1) is 17.3 Å². The number of halogens is 1. The maximum absolute atomic E-state index is 13.0. The van der Waals surface area contributed by atoms with E-state index in [4.69, 9.17) is 11.6 Å². The molecule has 2 amide bonds. The van der Waals surface area contributed by atoms with E-state index in [0.29, 0.717) is 20.8 Å². The standard InChI is InChI=1S/C22H21ClN4O2S2/c23-13-10-8-12(9-11-13)19(28)26-22-25-18-14(4-3-7-17(18)31-22)20(29)27-21-24-15-5-1-2-6-16(15)30-21/h8-11,14H,1-7H2,(H,24,27,29)(H,25,26,28). The summed E-state index contributed by atoms with van der Waals surface area (Å²) in [7, 11) is 0. The zero-order chi connectivity index (χ0) is 21.4. The van der Waals surface area contributed by atoms with Crippen LogP contribution < -0.4 is 10.6 Å². The van der Waals surface area contributed by atoms with E-state index in [0.717, 1.165) is 48.4 Å². The Morgan fingerprint density at radius 2 is 1.61 bits per heavy atom. The first-order valence-corrected chi connectivity index (χ1v) is 12.4. The topological polar surface area (TPSA) is 84.0 Å². The van der Waals surface area contributed by atoms with E-state index in [1.165, 1.54) is 29.1 Å². The van der Waals surface area contributed by atoms with Gasteiger partial charge in [0.25, 0.3) is 5.91 Å². The third-order valence-electron chi connectivity index (χ3n) is 5.67.